The molecular formula is C20H26N4O3S. The number of benzene rings is 1. The van der Waals surface area contributed by atoms with Crippen LogP contribution in [0.5, 0.6) is 0 Å². The fraction of sp³-hybridized carbons (Fsp3) is 0.450. The summed E-state index contributed by atoms with van der Waals surface area (Å²) in [4.78, 5) is 32.4. The average Bonchev–Trinajstić information content (AvgIpc) is 3.17. The number of hydrogen-bond acceptors (Lipinski definition) is 5. The Balaban J connectivity index is 1.56. The summed E-state index contributed by atoms with van der Waals surface area (Å²) in [7, 11) is 1.66. The molecule has 8 heteroatoms. The van der Waals surface area contributed by atoms with Gasteiger partial charge < -0.3 is 14.5 Å². The summed E-state index contributed by atoms with van der Waals surface area (Å²) < 4.78 is 7.23. The van der Waals surface area contributed by atoms with Gasteiger partial charge in [-0.15, -0.1) is 0 Å². The predicted molar refractivity (Wildman–Crippen MR) is 109 cm³/mol. The third-order valence-corrected chi connectivity index (χ3v) is 5.81. The van der Waals surface area contributed by atoms with Crippen LogP contribution in [0.1, 0.15) is 11.1 Å². The second-order valence-corrected chi connectivity index (χ2v) is 7.82. The van der Waals surface area contributed by atoms with E-state index >= 15 is 0 Å². The molecule has 0 aliphatic carbocycles. The molecule has 1 aromatic carbocycles. The normalized spacial score (nSPS) is 14.2. The number of imidazole rings is 1. The van der Waals surface area contributed by atoms with Gasteiger partial charge in [0, 0.05) is 38.2 Å². The summed E-state index contributed by atoms with van der Waals surface area (Å²) in [5.74, 6) is 0.0939. The molecule has 2 heterocycles. The average molecular weight is 403 g/mol. The van der Waals surface area contributed by atoms with Crippen molar-refractivity contribution in [1.82, 2.24) is 19.4 Å². The number of amides is 2. The number of morpholine rings is 1. The molecule has 0 unspecified atom stereocenters. The third kappa shape index (κ3) is 4.94. The minimum atomic E-state index is -0.0961. The highest BCUT2D eigenvalue weighted by molar-refractivity contribution is 7.99. The van der Waals surface area contributed by atoms with Gasteiger partial charge in [-0.1, -0.05) is 17.8 Å². The number of aryl methyl sites for hydroxylation is 2. The van der Waals surface area contributed by atoms with Gasteiger partial charge in [-0.25, -0.2) is 4.98 Å². The number of hydrogen-bond donors (Lipinski definition) is 0. The number of nitrogens with zero attached hydrogens (tertiary/aromatic N) is 4. The standard InChI is InChI=1S/C20H26N4O3S/c1-15-4-5-17(12-16(15)2)24-7-6-21-20(24)28-14-19(26)22(3)13-18(25)23-8-10-27-11-9-23/h4-7,12H,8-11,13-14H2,1-3H3. The van der Waals surface area contributed by atoms with E-state index in [4.69, 9.17) is 4.74 Å². The van der Waals surface area contributed by atoms with Gasteiger partial charge in [-0.05, 0) is 37.1 Å². The number of thioether (sulfide) groups is 1. The summed E-state index contributed by atoms with van der Waals surface area (Å²) in [6.07, 6.45) is 3.62. The fourth-order valence-electron chi connectivity index (χ4n) is 2.91. The molecule has 150 valence electrons. The highest BCUT2D eigenvalue weighted by Crippen LogP contribution is 2.22. The first-order chi connectivity index (χ1) is 13.5. The van der Waals surface area contributed by atoms with Crippen molar-refractivity contribution in [2.24, 2.45) is 0 Å². The number of ether oxygens (including phenoxy) is 1. The zero-order valence-corrected chi connectivity index (χ0v) is 17.4. The number of aromatic nitrogens is 2. The fourth-order valence-corrected chi connectivity index (χ4v) is 3.82. The lowest BCUT2D eigenvalue weighted by Crippen LogP contribution is -2.46. The minimum absolute atomic E-state index is 0.0409. The molecule has 1 fully saturated rings. The van der Waals surface area contributed by atoms with Gasteiger partial charge in [0.25, 0.3) is 0 Å². The second kappa shape index (κ2) is 9.25. The van der Waals surface area contributed by atoms with Crippen molar-refractivity contribution >= 4 is 23.6 Å². The molecule has 2 aromatic rings. The molecule has 0 spiro atoms. The van der Waals surface area contributed by atoms with E-state index in [2.05, 4.69) is 31.0 Å². The molecule has 0 N–H and O–H groups in total. The van der Waals surface area contributed by atoms with Gasteiger partial charge in [0.05, 0.1) is 25.5 Å². The Bertz CT molecular complexity index is 846. The van der Waals surface area contributed by atoms with E-state index in [-0.39, 0.29) is 24.1 Å². The Morgan fingerprint density at radius 1 is 1.21 bits per heavy atom. The van der Waals surface area contributed by atoms with Gasteiger partial charge in [-0.2, -0.15) is 0 Å². The summed E-state index contributed by atoms with van der Waals surface area (Å²) in [5.41, 5.74) is 3.46. The molecule has 2 amide bonds. The van der Waals surface area contributed by atoms with Crippen LogP contribution in [0.3, 0.4) is 0 Å². The monoisotopic (exact) mass is 402 g/mol. The SMILES string of the molecule is Cc1ccc(-n2ccnc2SCC(=O)N(C)CC(=O)N2CCOCC2)cc1C. The van der Waals surface area contributed by atoms with E-state index in [9.17, 15) is 9.59 Å². The van der Waals surface area contributed by atoms with Gasteiger partial charge in [0.1, 0.15) is 0 Å². The predicted octanol–water partition coefficient (Wildman–Crippen LogP) is 1.90. The van der Waals surface area contributed by atoms with E-state index in [1.165, 1.54) is 27.8 Å². The summed E-state index contributed by atoms with van der Waals surface area (Å²) in [6.45, 7) is 6.53. The molecule has 0 bridgehead atoms. The number of carbonyl (C=O) groups is 2. The van der Waals surface area contributed by atoms with Crippen molar-refractivity contribution in [3.8, 4) is 5.69 Å². The molecule has 28 heavy (non-hydrogen) atoms. The Morgan fingerprint density at radius 2 is 1.96 bits per heavy atom. The first kappa shape index (κ1) is 20.4. The van der Waals surface area contributed by atoms with E-state index in [1.807, 2.05) is 16.8 Å². The maximum absolute atomic E-state index is 12.5. The topological polar surface area (TPSA) is 67.7 Å². The van der Waals surface area contributed by atoms with E-state index < -0.39 is 0 Å². The maximum atomic E-state index is 12.5. The van der Waals surface area contributed by atoms with Crippen molar-refractivity contribution in [3.05, 3.63) is 41.7 Å². The van der Waals surface area contributed by atoms with Crippen LogP contribution >= 0.6 is 11.8 Å². The summed E-state index contributed by atoms with van der Waals surface area (Å²) >= 11 is 1.37. The van der Waals surface area contributed by atoms with Crippen LogP contribution in [0, 0.1) is 13.8 Å². The second-order valence-electron chi connectivity index (χ2n) is 6.88. The molecule has 1 aliphatic heterocycles. The number of rotatable bonds is 6. The van der Waals surface area contributed by atoms with Crippen LogP contribution in [0.2, 0.25) is 0 Å². The lowest BCUT2D eigenvalue weighted by molar-refractivity contribution is -0.140. The Hall–Kier alpha value is -2.32. The van der Waals surface area contributed by atoms with E-state index in [1.54, 1.807) is 18.1 Å². The van der Waals surface area contributed by atoms with Crippen LogP contribution in [-0.4, -0.2) is 76.8 Å². The molecule has 7 nitrogen and oxygen atoms in total. The first-order valence-electron chi connectivity index (χ1n) is 9.29. The third-order valence-electron chi connectivity index (χ3n) is 4.86. The molecular weight excluding hydrogens is 376 g/mol. The van der Waals surface area contributed by atoms with Gasteiger partial charge in [-0.3, -0.25) is 14.2 Å². The van der Waals surface area contributed by atoms with Gasteiger partial charge >= 0.3 is 0 Å². The Kier molecular flexibility index (Phi) is 6.74. The number of carbonyl (C=O) groups excluding carboxylic acids is 2. The van der Waals surface area contributed by atoms with Crippen molar-refractivity contribution in [3.63, 3.8) is 0 Å². The van der Waals surface area contributed by atoms with Gasteiger partial charge in [0.2, 0.25) is 11.8 Å². The molecule has 1 aromatic heterocycles. The van der Waals surface area contributed by atoms with Crippen LogP contribution in [0.25, 0.3) is 5.69 Å². The van der Waals surface area contributed by atoms with Crippen LogP contribution < -0.4 is 0 Å². The largest absolute Gasteiger partial charge is 0.378 e. The highest BCUT2D eigenvalue weighted by Gasteiger charge is 2.21. The van der Waals surface area contributed by atoms with Crippen molar-refractivity contribution in [2.45, 2.75) is 19.0 Å². The smallest absolute Gasteiger partial charge is 0.242 e. The zero-order chi connectivity index (χ0) is 20.1. The lowest BCUT2D eigenvalue weighted by Gasteiger charge is -2.28. The van der Waals surface area contributed by atoms with Crippen molar-refractivity contribution < 1.29 is 14.3 Å². The van der Waals surface area contributed by atoms with E-state index in [0.717, 1.165) is 10.8 Å². The molecule has 0 saturated carbocycles. The van der Waals surface area contributed by atoms with Gasteiger partial charge in [0.15, 0.2) is 5.16 Å². The summed E-state index contributed by atoms with van der Waals surface area (Å²) in [5, 5.41) is 0.754. The summed E-state index contributed by atoms with van der Waals surface area (Å²) in [6, 6.07) is 6.23. The van der Waals surface area contributed by atoms with Crippen molar-refractivity contribution in [1.29, 1.82) is 0 Å². The van der Waals surface area contributed by atoms with Crippen LogP contribution in [-0.2, 0) is 14.3 Å². The Morgan fingerprint density at radius 3 is 2.68 bits per heavy atom. The molecule has 1 aliphatic rings. The minimum Gasteiger partial charge on any atom is -0.378 e. The maximum Gasteiger partial charge on any atom is 0.242 e. The number of likely N-dealkylation sites (N-methyl/N-ethyl adjacent to an activating group) is 1. The lowest BCUT2D eigenvalue weighted by atomic mass is 10.1. The first-order valence-corrected chi connectivity index (χ1v) is 10.3. The van der Waals surface area contributed by atoms with Crippen LogP contribution in [0.4, 0.5) is 0 Å². The quantitative estimate of drug-likeness (QED) is 0.691. The van der Waals surface area contributed by atoms with E-state index in [0.29, 0.717) is 26.3 Å². The van der Waals surface area contributed by atoms with Crippen molar-refractivity contribution in [2.75, 3.05) is 45.6 Å². The molecule has 0 radical (unpaired) electrons. The highest BCUT2D eigenvalue weighted by atomic mass is 32.2. The van der Waals surface area contributed by atoms with Crippen LogP contribution in [0.15, 0.2) is 35.7 Å². The molecule has 3 rings (SSSR count). The zero-order valence-electron chi connectivity index (χ0n) is 16.6. The molecule has 0 atom stereocenters. The Labute approximate surface area is 169 Å². The molecule has 1 saturated heterocycles.